The second kappa shape index (κ2) is 3.88. The van der Waals surface area contributed by atoms with Crippen LogP contribution in [0.1, 0.15) is 39.2 Å². The van der Waals surface area contributed by atoms with Crippen LogP contribution < -0.4 is 5.32 Å². The predicted molar refractivity (Wildman–Crippen MR) is 66.4 cm³/mol. The molecule has 1 heteroatoms. The molecule has 2 rings (SSSR count). The first-order valence-electron chi connectivity index (χ1n) is 5.90. The van der Waals surface area contributed by atoms with E-state index in [0.29, 0.717) is 0 Å². The summed E-state index contributed by atoms with van der Waals surface area (Å²) in [5.74, 6) is 0.937. The molecule has 1 saturated carbocycles. The monoisotopic (exact) mass is 203 g/mol. The minimum Gasteiger partial charge on any atom is -0.385 e. The van der Waals surface area contributed by atoms with E-state index in [1.165, 1.54) is 24.1 Å². The van der Waals surface area contributed by atoms with Gasteiger partial charge < -0.3 is 5.32 Å². The second-order valence-electron chi connectivity index (χ2n) is 5.65. The zero-order valence-corrected chi connectivity index (χ0v) is 10.0. The SMILES string of the molecule is CC(C)(C)c1ccc(NCC2CC2)cc1. The maximum Gasteiger partial charge on any atom is 0.0340 e. The van der Waals surface area contributed by atoms with Crippen LogP contribution in [0.2, 0.25) is 0 Å². The van der Waals surface area contributed by atoms with Gasteiger partial charge >= 0.3 is 0 Å². The highest BCUT2D eigenvalue weighted by Crippen LogP contribution is 2.29. The van der Waals surface area contributed by atoms with Crippen LogP contribution >= 0.6 is 0 Å². The lowest BCUT2D eigenvalue weighted by atomic mass is 9.87. The minimum absolute atomic E-state index is 0.259. The van der Waals surface area contributed by atoms with Crippen LogP contribution in [0.25, 0.3) is 0 Å². The largest absolute Gasteiger partial charge is 0.385 e. The lowest BCUT2D eigenvalue weighted by Gasteiger charge is -2.19. The number of nitrogens with one attached hydrogen (secondary N) is 1. The summed E-state index contributed by atoms with van der Waals surface area (Å²) in [5.41, 5.74) is 2.92. The van der Waals surface area contributed by atoms with Gasteiger partial charge in [0.25, 0.3) is 0 Å². The molecule has 15 heavy (non-hydrogen) atoms. The van der Waals surface area contributed by atoms with Crippen molar-refractivity contribution in [2.75, 3.05) is 11.9 Å². The Bertz CT molecular complexity index is 314. The Morgan fingerprint density at radius 1 is 1.13 bits per heavy atom. The van der Waals surface area contributed by atoms with Crippen LogP contribution in [0.5, 0.6) is 0 Å². The molecular weight excluding hydrogens is 182 g/mol. The Balaban J connectivity index is 1.96. The van der Waals surface area contributed by atoms with Crippen molar-refractivity contribution in [3.8, 4) is 0 Å². The summed E-state index contributed by atoms with van der Waals surface area (Å²) in [4.78, 5) is 0. The van der Waals surface area contributed by atoms with Gasteiger partial charge in [-0.2, -0.15) is 0 Å². The van der Waals surface area contributed by atoms with E-state index in [-0.39, 0.29) is 5.41 Å². The van der Waals surface area contributed by atoms with Crippen molar-refractivity contribution in [1.29, 1.82) is 0 Å². The summed E-state index contributed by atoms with van der Waals surface area (Å²) in [6.45, 7) is 7.90. The van der Waals surface area contributed by atoms with Gasteiger partial charge in [0, 0.05) is 12.2 Å². The zero-order chi connectivity index (χ0) is 10.9. The van der Waals surface area contributed by atoms with E-state index < -0.39 is 0 Å². The second-order valence-corrected chi connectivity index (χ2v) is 5.65. The highest BCUT2D eigenvalue weighted by Gasteiger charge is 2.20. The fourth-order valence-corrected chi connectivity index (χ4v) is 1.67. The minimum atomic E-state index is 0.259. The van der Waals surface area contributed by atoms with Crippen molar-refractivity contribution in [3.63, 3.8) is 0 Å². The van der Waals surface area contributed by atoms with Crippen molar-refractivity contribution < 1.29 is 0 Å². The summed E-state index contributed by atoms with van der Waals surface area (Å²) in [6, 6.07) is 8.86. The van der Waals surface area contributed by atoms with Gasteiger partial charge in [0.2, 0.25) is 0 Å². The highest BCUT2D eigenvalue weighted by atomic mass is 14.9. The molecule has 0 atom stereocenters. The van der Waals surface area contributed by atoms with Crippen LogP contribution in [0.4, 0.5) is 5.69 Å². The number of anilines is 1. The molecule has 1 aliphatic carbocycles. The normalized spacial score (nSPS) is 16.5. The number of hydrogen-bond acceptors (Lipinski definition) is 1. The molecule has 1 aliphatic rings. The zero-order valence-electron chi connectivity index (χ0n) is 10.0. The molecule has 0 radical (unpaired) electrons. The fourth-order valence-electron chi connectivity index (χ4n) is 1.67. The number of hydrogen-bond donors (Lipinski definition) is 1. The number of benzene rings is 1. The predicted octanol–water partition coefficient (Wildman–Crippen LogP) is 3.81. The summed E-state index contributed by atoms with van der Waals surface area (Å²) >= 11 is 0. The highest BCUT2D eigenvalue weighted by molar-refractivity contribution is 5.45. The smallest absolute Gasteiger partial charge is 0.0340 e. The molecule has 0 heterocycles. The Morgan fingerprint density at radius 2 is 1.73 bits per heavy atom. The van der Waals surface area contributed by atoms with Gasteiger partial charge in [0.15, 0.2) is 0 Å². The van der Waals surface area contributed by atoms with E-state index in [1.54, 1.807) is 0 Å². The van der Waals surface area contributed by atoms with Crippen molar-refractivity contribution >= 4 is 5.69 Å². The van der Waals surface area contributed by atoms with Gasteiger partial charge in [-0.05, 0) is 41.9 Å². The van der Waals surface area contributed by atoms with Gasteiger partial charge in [-0.15, -0.1) is 0 Å². The van der Waals surface area contributed by atoms with Crippen molar-refractivity contribution in [2.24, 2.45) is 5.92 Å². The van der Waals surface area contributed by atoms with E-state index in [4.69, 9.17) is 0 Å². The lowest BCUT2D eigenvalue weighted by molar-refractivity contribution is 0.590. The third-order valence-corrected chi connectivity index (χ3v) is 3.04. The van der Waals surface area contributed by atoms with E-state index in [2.05, 4.69) is 50.4 Å². The van der Waals surface area contributed by atoms with Gasteiger partial charge in [0.1, 0.15) is 0 Å². The first-order valence-corrected chi connectivity index (χ1v) is 5.90. The van der Waals surface area contributed by atoms with Gasteiger partial charge in [-0.1, -0.05) is 32.9 Å². The first kappa shape index (κ1) is 10.5. The summed E-state index contributed by atoms with van der Waals surface area (Å²) in [7, 11) is 0. The Hall–Kier alpha value is -0.980. The topological polar surface area (TPSA) is 12.0 Å². The van der Waals surface area contributed by atoms with E-state index in [9.17, 15) is 0 Å². The third kappa shape index (κ3) is 2.98. The molecule has 0 spiro atoms. The first-order chi connectivity index (χ1) is 7.05. The molecule has 0 unspecified atom stereocenters. The van der Waals surface area contributed by atoms with Gasteiger partial charge in [-0.3, -0.25) is 0 Å². The van der Waals surface area contributed by atoms with Crippen LogP contribution in [0.15, 0.2) is 24.3 Å². The molecule has 0 bridgehead atoms. The maximum atomic E-state index is 3.49. The molecule has 1 aromatic carbocycles. The Labute approximate surface area is 92.9 Å². The molecule has 1 N–H and O–H groups in total. The molecule has 0 aliphatic heterocycles. The van der Waals surface area contributed by atoms with Crippen LogP contribution in [-0.4, -0.2) is 6.54 Å². The van der Waals surface area contributed by atoms with Crippen LogP contribution in [0.3, 0.4) is 0 Å². The van der Waals surface area contributed by atoms with E-state index in [1.807, 2.05) is 0 Å². The summed E-state index contributed by atoms with van der Waals surface area (Å²) in [5, 5.41) is 3.49. The standard InChI is InChI=1S/C14H21N/c1-14(2,3)12-6-8-13(9-7-12)15-10-11-4-5-11/h6-9,11,15H,4-5,10H2,1-3H3. The molecule has 82 valence electrons. The van der Waals surface area contributed by atoms with Gasteiger partial charge in [-0.25, -0.2) is 0 Å². The molecular formula is C14H21N. The molecule has 0 aromatic heterocycles. The summed E-state index contributed by atoms with van der Waals surface area (Å²) < 4.78 is 0. The lowest BCUT2D eigenvalue weighted by Crippen LogP contribution is -2.11. The maximum absolute atomic E-state index is 3.49. The van der Waals surface area contributed by atoms with E-state index >= 15 is 0 Å². The van der Waals surface area contributed by atoms with Gasteiger partial charge in [0.05, 0.1) is 0 Å². The fraction of sp³-hybridized carbons (Fsp3) is 0.571. The Kier molecular flexibility index (Phi) is 2.72. The molecule has 1 nitrogen and oxygen atoms in total. The average Bonchev–Trinajstić information content (AvgIpc) is 2.97. The quantitative estimate of drug-likeness (QED) is 0.787. The van der Waals surface area contributed by atoms with Crippen molar-refractivity contribution in [3.05, 3.63) is 29.8 Å². The van der Waals surface area contributed by atoms with Crippen molar-refractivity contribution in [2.45, 2.75) is 39.0 Å². The molecule has 0 amide bonds. The molecule has 0 saturated heterocycles. The van der Waals surface area contributed by atoms with Crippen LogP contribution in [-0.2, 0) is 5.41 Å². The van der Waals surface area contributed by atoms with Crippen LogP contribution in [0, 0.1) is 5.92 Å². The van der Waals surface area contributed by atoms with Crippen molar-refractivity contribution in [1.82, 2.24) is 0 Å². The third-order valence-electron chi connectivity index (χ3n) is 3.04. The average molecular weight is 203 g/mol. The van der Waals surface area contributed by atoms with E-state index in [0.717, 1.165) is 12.5 Å². The molecule has 1 aromatic rings. The Morgan fingerprint density at radius 3 is 2.20 bits per heavy atom. The summed E-state index contributed by atoms with van der Waals surface area (Å²) in [6.07, 6.45) is 2.82. The molecule has 1 fully saturated rings. The number of rotatable bonds is 3.